The zero-order valence-electron chi connectivity index (χ0n) is 15.5. The molecule has 8 heteroatoms. The number of thiophene rings is 1. The van der Waals surface area contributed by atoms with Gasteiger partial charge >= 0.3 is 0 Å². The number of benzene rings is 1. The number of nitrogens with zero attached hydrogens (tertiary/aromatic N) is 3. The summed E-state index contributed by atoms with van der Waals surface area (Å²) in [4.78, 5) is 25.4. The molecule has 0 unspecified atom stereocenters. The van der Waals surface area contributed by atoms with Gasteiger partial charge in [-0.2, -0.15) is 5.26 Å². The molecule has 5 aromatic rings. The van der Waals surface area contributed by atoms with Crippen LogP contribution >= 0.6 is 11.3 Å². The summed E-state index contributed by atoms with van der Waals surface area (Å²) in [6, 6.07) is 15.4. The number of fused-ring (bicyclic) bond motifs is 2. The zero-order valence-corrected chi connectivity index (χ0v) is 16.3. The Balaban J connectivity index is 1.53. The maximum Gasteiger partial charge on any atom is 0.265 e. The molecular weight excluding hydrogens is 396 g/mol. The first-order valence-electron chi connectivity index (χ1n) is 9.09. The quantitative estimate of drug-likeness (QED) is 0.385. The third-order valence-corrected chi connectivity index (χ3v) is 5.69. The minimum absolute atomic E-state index is 0.246. The standard InChI is InChI=1S/C22H14N6OS/c23-10-14-11-26-22-17(9-19(30-22)21(29)28-16-2-1-6-24-12-16)20(14)27-15-3-4-18-13(8-15)5-7-25-18/h1-9,11-12,25H,(H,26,27)(H,28,29). The van der Waals surface area contributed by atoms with Crippen molar-refractivity contribution in [2.75, 3.05) is 10.6 Å². The van der Waals surface area contributed by atoms with Crippen molar-refractivity contribution in [3.05, 3.63) is 77.7 Å². The lowest BCUT2D eigenvalue weighted by Crippen LogP contribution is -2.09. The van der Waals surface area contributed by atoms with Crippen molar-refractivity contribution in [1.29, 1.82) is 5.26 Å². The van der Waals surface area contributed by atoms with E-state index in [0.717, 1.165) is 22.0 Å². The highest BCUT2D eigenvalue weighted by molar-refractivity contribution is 7.20. The van der Waals surface area contributed by atoms with Crippen molar-refractivity contribution in [2.24, 2.45) is 0 Å². The molecule has 0 aliphatic heterocycles. The van der Waals surface area contributed by atoms with E-state index in [4.69, 9.17) is 0 Å². The van der Waals surface area contributed by atoms with E-state index < -0.39 is 0 Å². The molecule has 0 atom stereocenters. The van der Waals surface area contributed by atoms with E-state index in [2.05, 4.69) is 31.7 Å². The SMILES string of the molecule is N#Cc1cnc2sc(C(=O)Nc3cccnc3)cc2c1Nc1ccc2[nH]ccc2c1. The van der Waals surface area contributed by atoms with E-state index >= 15 is 0 Å². The molecular formula is C22H14N6OS. The lowest BCUT2D eigenvalue weighted by atomic mass is 10.1. The zero-order chi connectivity index (χ0) is 20.5. The molecule has 1 aromatic carbocycles. The number of hydrogen-bond acceptors (Lipinski definition) is 6. The number of hydrogen-bond donors (Lipinski definition) is 3. The maximum atomic E-state index is 12.7. The summed E-state index contributed by atoms with van der Waals surface area (Å²) in [7, 11) is 0. The first kappa shape index (κ1) is 17.8. The van der Waals surface area contributed by atoms with Crippen molar-refractivity contribution in [3.8, 4) is 6.07 Å². The highest BCUT2D eigenvalue weighted by Crippen LogP contribution is 2.34. The fraction of sp³-hybridized carbons (Fsp3) is 0. The molecule has 1 amide bonds. The second kappa shape index (κ2) is 7.31. The number of nitrogens with one attached hydrogen (secondary N) is 3. The normalized spacial score (nSPS) is 10.8. The second-order valence-electron chi connectivity index (χ2n) is 6.59. The van der Waals surface area contributed by atoms with Crippen LogP contribution in [0.4, 0.5) is 17.1 Å². The predicted molar refractivity (Wildman–Crippen MR) is 118 cm³/mol. The second-order valence-corrected chi connectivity index (χ2v) is 7.62. The third kappa shape index (κ3) is 3.23. The molecule has 5 rings (SSSR count). The molecule has 0 saturated carbocycles. The van der Waals surface area contributed by atoms with Crippen molar-refractivity contribution >= 4 is 55.4 Å². The van der Waals surface area contributed by atoms with E-state index in [-0.39, 0.29) is 5.91 Å². The first-order valence-corrected chi connectivity index (χ1v) is 9.91. The van der Waals surface area contributed by atoms with Crippen LogP contribution in [0.2, 0.25) is 0 Å². The molecule has 4 aromatic heterocycles. The number of nitriles is 1. The highest BCUT2D eigenvalue weighted by Gasteiger charge is 2.17. The Morgan fingerprint density at radius 1 is 1.13 bits per heavy atom. The number of carbonyl (C=O) groups is 1. The Hall–Kier alpha value is -4.22. The minimum atomic E-state index is -0.246. The Morgan fingerprint density at radius 3 is 2.90 bits per heavy atom. The number of amides is 1. The van der Waals surface area contributed by atoms with Crippen molar-refractivity contribution in [1.82, 2.24) is 15.0 Å². The summed E-state index contributed by atoms with van der Waals surface area (Å²) in [5.41, 5.74) is 3.54. The van der Waals surface area contributed by atoms with Gasteiger partial charge in [0.15, 0.2) is 0 Å². The van der Waals surface area contributed by atoms with Crippen molar-refractivity contribution in [3.63, 3.8) is 0 Å². The molecule has 0 aliphatic rings. The smallest absolute Gasteiger partial charge is 0.265 e. The van der Waals surface area contributed by atoms with E-state index in [1.807, 2.05) is 30.5 Å². The summed E-state index contributed by atoms with van der Waals surface area (Å²) in [6.45, 7) is 0. The van der Waals surface area contributed by atoms with Crippen molar-refractivity contribution < 1.29 is 4.79 Å². The summed E-state index contributed by atoms with van der Waals surface area (Å²) in [6.07, 6.45) is 6.64. The fourth-order valence-corrected chi connectivity index (χ4v) is 4.13. The van der Waals surface area contributed by atoms with Crippen LogP contribution in [-0.2, 0) is 0 Å². The molecule has 30 heavy (non-hydrogen) atoms. The van der Waals surface area contributed by atoms with E-state index in [9.17, 15) is 10.1 Å². The van der Waals surface area contributed by atoms with Gasteiger partial charge in [0.05, 0.1) is 28.0 Å². The molecule has 4 heterocycles. The topological polar surface area (TPSA) is 106 Å². The molecule has 144 valence electrons. The molecule has 0 aliphatic carbocycles. The molecule has 0 bridgehead atoms. The molecule has 7 nitrogen and oxygen atoms in total. The Bertz CT molecular complexity index is 1430. The van der Waals surface area contributed by atoms with Crippen LogP contribution in [0.15, 0.2) is 67.3 Å². The number of H-pyrrole nitrogens is 1. The predicted octanol–water partition coefficient (Wildman–Crippen LogP) is 5.04. The lowest BCUT2D eigenvalue weighted by molar-refractivity contribution is 0.103. The van der Waals surface area contributed by atoms with Crippen LogP contribution in [0.3, 0.4) is 0 Å². The summed E-state index contributed by atoms with van der Waals surface area (Å²) >= 11 is 1.27. The van der Waals surface area contributed by atoms with Gasteiger partial charge in [-0.05, 0) is 42.5 Å². The van der Waals surface area contributed by atoms with Gasteiger partial charge in [0.25, 0.3) is 5.91 Å². The van der Waals surface area contributed by atoms with E-state index in [0.29, 0.717) is 26.6 Å². The third-order valence-electron chi connectivity index (χ3n) is 4.65. The number of carbonyl (C=O) groups excluding carboxylic acids is 1. The summed E-state index contributed by atoms with van der Waals surface area (Å²) in [5.74, 6) is -0.246. The Morgan fingerprint density at radius 2 is 2.07 bits per heavy atom. The molecule has 3 N–H and O–H groups in total. The van der Waals surface area contributed by atoms with Crippen LogP contribution in [0.1, 0.15) is 15.2 Å². The van der Waals surface area contributed by atoms with Crippen molar-refractivity contribution in [2.45, 2.75) is 0 Å². The van der Waals surface area contributed by atoms with Gasteiger partial charge in [0.1, 0.15) is 10.9 Å². The number of aromatic amines is 1. The average molecular weight is 410 g/mol. The van der Waals surface area contributed by atoms with E-state index in [1.54, 1.807) is 30.6 Å². The van der Waals surface area contributed by atoms with E-state index in [1.165, 1.54) is 17.5 Å². The van der Waals surface area contributed by atoms with Gasteiger partial charge in [-0.3, -0.25) is 9.78 Å². The minimum Gasteiger partial charge on any atom is -0.361 e. The highest BCUT2D eigenvalue weighted by atomic mass is 32.1. The van der Waals surface area contributed by atoms with Crippen LogP contribution in [0, 0.1) is 11.3 Å². The van der Waals surface area contributed by atoms with Gasteiger partial charge in [-0.25, -0.2) is 4.98 Å². The Kier molecular flexibility index (Phi) is 4.35. The van der Waals surface area contributed by atoms with Crippen LogP contribution < -0.4 is 10.6 Å². The lowest BCUT2D eigenvalue weighted by Gasteiger charge is -2.09. The number of rotatable bonds is 4. The van der Waals surface area contributed by atoms with Crippen LogP contribution in [-0.4, -0.2) is 20.9 Å². The van der Waals surface area contributed by atoms with Gasteiger partial charge in [0, 0.05) is 40.6 Å². The van der Waals surface area contributed by atoms with Crippen LogP contribution in [0.5, 0.6) is 0 Å². The molecule has 0 spiro atoms. The number of aromatic nitrogens is 3. The summed E-state index contributed by atoms with van der Waals surface area (Å²) in [5, 5.41) is 17.5. The monoisotopic (exact) mass is 410 g/mol. The Labute approximate surface area is 175 Å². The fourth-order valence-electron chi connectivity index (χ4n) is 3.23. The average Bonchev–Trinajstić information content (AvgIpc) is 3.41. The van der Waals surface area contributed by atoms with Gasteiger partial charge in [0.2, 0.25) is 0 Å². The van der Waals surface area contributed by atoms with Gasteiger partial charge in [-0.1, -0.05) is 0 Å². The van der Waals surface area contributed by atoms with Gasteiger partial charge < -0.3 is 15.6 Å². The summed E-state index contributed by atoms with van der Waals surface area (Å²) < 4.78 is 0. The van der Waals surface area contributed by atoms with Gasteiger partial charge in [-0.15, -0.1) is 11.3 Å². The first-order chi connectivity index (χ1) is 14.7. The number of pyridine rings is 2. The largest absolute Gasteiger partial charge is 0.361 e. The molecule has 0 fully saturated rings. The molecule has 0 saturated heterocycles. The maximum absolute atomic E-state index is 12.7. The molecule has 0 radical (unpaired) electrons. The number of anilines is 3. The van der Waals surface area contributed by atoms with Crippen LogP contribution in [0.25, 0.3) is 21.1 Å².